The number of nitrogens with one attached hydrogen (secondary N) is 2. The summed E-state index contributed by atoms with van der Waals surface area (Å²) in [7, 11) is 1.43. The molecule has 2 fully saturated rings. The predicted molar refractivity (Wildman–Crippen MR) is 214 cm³/mol. The summed E-state index contributed by atoms with van der Waals surface area (Å²) in [5.41, 5.74) is 0.142. The molecule has 0 aromatic heterocycles. The van der Waals surface area contributed by atoms with Crippen LogP contribution in [0.15, 0.2) is 30.1 Å². The van der Waals surface area contributed by atoms with Gasteiger partial charge in [0.05, 0.1) is 53.4 Å². The lowest BCUT2D eigenvalue weighted by Crippen LogP contribution is -2.46. The van der Waals surface area contributed by atoms with Crippen LogP contribution in [0.4, 0.5) is 11.4 Å². The molecule has 59 heavy (non-hydrogen) atoms. The van der Waals surface area contributed by atoms with E-state index in [1.807, 2.05) is 0 Å². The smallest absolute Gasteiger partial charge is 0.312 e. The van der Waals surface area contributed by atoms with Gasteiger partial charge in [-0.2, -0.15) is 0 Å². The van der Waals surface area contributed by atoms with Gasteiger partial charge in [-0.3, -0.25) is 19.2 Å². The number of ketones is 2. The zero-order chi connectivity index (χ0) is 43.4. The number of carbonyl (C=O) groups excluding carboxylic acids is 4. The average Bonchev–Trinajstić information content (AvgIpc) is 3.94. The number of ether oxygens (including phenoxy) is 5. The molecule has 1 amide bonds. The Morgan fingerprint density at radius 1 is 0.966 bits per heavy atom. The minimum atomic E-state index is -2.00. The van der Waals surface area contributed by atoms with Crippen molar-refractivity contribution in [3.8, 4) is 17.2 Å². The van der Waals surface area contributed by atoms with Crippen LogP contribution in [-0.4, -0.2) is 105 Å². The number of allylic oxidation sites excluding steroid dienone is 1. The van der Waals surface area contributed by atoms with Crippen LogP contribution in [0, 0.1) is 36.5 Å². The molecule has 2 aromatic carbocycles. The fourth-order valence-electron chi connectivity index (χ4n) is 8.79. The molecule has 2 aromatic rings. The van der Waals surface area contributed by atoms with Gasteiger partial charge in [0.1, 0.15) is 17.6 Å². The third-order valence-electron chi connectivity index (χ3n) is 12.6. The zero-order valence-electron chi connectivity index (χ0n) is 34.8. The quantitative estimate of drug-likeness (QED) is 0.129. The molecule has 1 saturated heterocycles. The summed E-state index contributed by atoms with van der Waals surface area (Å²) in [5, 5.41) is 62.4. The molecule has 5 aliphatic rings. The van der Waals surface area contributed by atoms with Gasteiger partial charge in [0.15, 0.2) is 17.8 Å². The van der Waals surface area contributed by atoms with Crippen molar-refractivity contribution in [3.05, 3.63) is 41.2 Å². The molecule has 16 nitrogen and oxygen atoms in total. The van der Waals surface area contributed by atoms with E-state index in [2.05, 4.69) is 10.6 Å². The predicted octanol–water partition coefficient (Wildman–Crippen LogP) is 4.36. The molecule has 1 aliphatic carbocycles. The number of hydrogen-bond acceptors (Lipinski definition) is 15. The van der Waals surface area contributed by atoms with E-state index < -0.39 is 113 Å². The number of phenolic OH excluding ortho intramolecular Hbond substituents is 2. The number of carbonyl (C=O) groups is 4. The lowest BCUT2D eigenvalue weighted by Gasteiger charge is -2.37. The molecule has 7 N–H and O–H groups in total. The number of aromatic hydroxyl groups is 2. The summed E-state index contributed by atoms with van der Waals surface area (Å²) >= 11 is 0. The SMILES string of the molecule is COC1/C=C\OC2(C)Oc3c(C)c(O)c4c(O)c(cc(NC5CCC(O)OC5C)c4c3C2=O)NC(=O)/C(C)=C\C(=O)C2CC2C(O)C(C)C(O)C(C)C(OC(C)=O)C1C. The van der Waals surface area contributed by atoms with Crippen LogP contribution in [0.25, 0.3) is 10.8 Å². The minimum absolute atomic E-state index is 0.00610. The topological polar surface area (TPSA) is 240 Å². The van der Waals surface area contributed by atoms with Crippen LogP contribution < -0.4 is 15.4 Å². The van der Waals surface area contributed by atoms with Gasteiger partial charge >= 0.3 is 11.8 Å². The van der Waals surface area contributed by atoms with E-state index in [-0.39, 0.29) is 44.6 Å². The van der Waals surface area contributed by atoms with E-state index in [0.717, 1.165) is 0 Å². The van der Waals surface area contributed by atoms with Gasteiger partial charge in [-0.1, -0.05) is 20.8 Å². The van der Waals surface area contributed by atoms with Crippen molar-refractivity contribution in [2.24, 2.45) is 29.6 Å². The summed E-state index contributed by atoms with van der Waals surface area (Å²) in [5.74, 6) is -8.63. The van der Waals surface area contributed by atoms with Crippen molar-refractivity contribution in [1.29, 1.82) is 0 Å². The zero-order valence-corrected chi connectivity index (χ0v) is 34.8. The second kappa shape index (κ2) is 16.7. The Labute approximate surface area is 342 Å². The summed E-state index contributed by atoms with van der Waals surface area (Å²) in [6.45, 7) is 12.4. The Morgan fingerprint density at radius 3 is 2.31 bits per heavy atom. The van der Waals surface area contributed by atoms with Crippen molar-refractivity contribution < 1.29 is 68.4 Å². The van der Waals surface area contributed by atoms with Crippen LogP contribution in [0.1, 0.15) is 83.7 Å². The van der Waals surface area contributed by atoms with Gasteiger partial charge in [0.25, 0.3) is 11.7 Å². The number of anilines is 2. The Morgan fingerprint density at radius 2 is 1.66 bits per heavy atom. The number of hydrogen-bond donors (Lipinski definition) is 7. The molecule has 7 rings (SSSR count). The van der Waals surface area contributed by atoms with E-state index in [9.17, 15) is 44.7 Å². The standard InChI is InChI=1S/C43H56N2O14/c1-17-14-29(47)24-15-25(24)36(50)19(3)35(49)20(4)39(58-23(7)46)18(2)30(55-9)12-13-56-43(8)41(53)34-32-27(44-26-10-11-31(48)57-22(26)6)16-28(45-42(17)54)38(52)33(32)37(51)21(5)40(34)59-43/h12-14,16,18-20,22,24-26,30-31,35-36,39,44,48-52H,10-11,15H2,1-9H3,(H,45,54)/b13-12-,17-14-. The summed E-state index contributed by atoms with van der Waals surface area (Å²) in [4.78, 5) is 54.0. The molecular weight excluding hydrogens is 768 g/mol. The molecule has 5 bridgehead atoms. The molecular formula is C43H56N2O14. The molecule has 322 valence electrons. The van der Waals surface area contributed by atoms with E-state index in [4.69, 9.17) is 23.7 Å². The fourth-order valence-corrected chi connectivity index (χ4v) is 8.79. The molecule has 13 unspecified atom stereocenters. The maximum Gasteiger partial charge on any atom is 0.312 e. The molecule has 13 atom stereocenters. The van der Waals surface area contributed by atoms with Crippen LogP contribution in [0.2, 0.25) is 0 Å². The van der Waals surface area contributed by atoms with E-state index >= 15 is 0 Å². The highest BCUT2D eigenvalue weighted by molar-refractivity contribution is 6.23. The van der Waals surface area contributed by atoms with Crippen LogP contribution in [0.3, 0.4) is 0 Å². The van der Waals surface area contributed by atoms with E-state index in [1.165, 1.54) is 59.3 Å². The monoisotopic (exact) mass is 824 g/mol. The second-order valence-corrected chi connectivity index (χ2v) is 16.7. The largest absolute Gasteiger partial charge is 0.507 e. The Kier molecular flexibility index (Phi) is 12.4. The fraction of sp³-hybridized carbons (Fsp3) is 0.581. The van der Waals surface area contributed by atoms with Crippen molar-refractivity contribution in [2.75, 3.05) is 17.7 Å². The number of phenols is 2. The molecule has 4 heterocycles. The highest BCUT2D eigenvalue weighted by atomic mass is 16.7. The third kappa shape index (κ3) is 8.25. The average molecular weight is 825 g/mol. The second-order valence-electron chi connectivity index (χ2n) is 16.7. The Bertz CT molecular complexity index is 2080. The molecule has 1 saturated carbocycles. The lowest BCUT2D eigenvalue weighted by atomic mass is 9.79. The first-order valence-electron chi connectivity index (χ1n) is 20.0. The number of methoxy groups -OCH3 is 1. The number of benzene rings is 2. The van der Waals surface area contributed by atoms with Crippen molar-refractivity contribution >= 4 is 45.6 Å². The Balaban J connectivity index is 1.49. The van der Waals surface area contributed by atoms with Gasteiger partial charge in [-0.05, 0) is 57.7 Å². The molecule has 4 aliphatic heterocycles. The number of Topliss-reactive ketones (excluding diaryl/α,β-unsaturated/α-hetero) is 1. The number of aliphatic hydroxyl groups is 3. The summed E-state index contributed by atoms with van der Waals surface area (Å²) in [6.07, 6.45) is -0.567. The maximum absolute atomic E-state index is 14.6. The number of rotatable bonds is 4. The highest BCUT2D eigenvalue weighted by Crippen LogP contribution is 2.54. The third-order valence-corrected chi connectivity index (χ3v) is 12.6. The normalized spacial score (nSPS) is 36.8. The van der Waals surface area contributed by atoms with Crippen molar-refractivity contribution in [2.45, 2.75) is 123 Å². The minimum Gasteiger partial charge on any atom is -0.507 e. The number of esters is 1. The van der Waals surface area contributed by atoms with Crippen LogP contribution in [0.5, 0.6) is 17.2 Å². The first-order chi connectivity index (χ1) is 27.7. The molecule has 0 radical (unpaired) electrons. The summed E-state index contributed by atoms with van der Waals surface area (Å²) in [6, 6.07) is 0.977. The van der Waals surface area contributed by atoms with Gasteiger partial charge in [0, 0.05) is 73.3 Å². The lowest BCUT2D eigenvalue weighted by molar-refractivity contribution is -0.161. The van der Waals surface area contributed by atoms with E-state index in [1.54, 1.807) is 27.7 Å². The van der Waals surface area contributed by atoms with E-state index in [0.29, 0.717) is 19.3 Å². The first kappa shape index (κ1) is 43.8. The van der Waals surface area contributed by atoms with Crippen LogP contribution in [-0.2, 0) is 33.3 Å². The van der Waals surface area contributed by atoms with Crippen molar-refractivity contribution in [1.82, 2.24) is 0 Å². The highest BCUT2D eigenvalue weighted by Gasteiger charge is 2.51. The van der Waals surface area contributed by atoms with Gasteiger partial charge in [-0.15, -0.1) is 0 Å². The Hall–Kier alpha value is -4.74. The molecule has 0 spiro atoms. The molecule has 16 heteroatoms. The maximum atomic E-state index is 14.6. The number of fused-ring (bicyclic) bond motifs is 12. The van der Waals surface area contributed by atoms with Gasteiger partial charge in [-0.25, -0.2) is 0 Å². The number of amides is 1. The number of aliphatic hydroxyl groups excluding tert-OH is 3. The van der Waals surface area contributed by atoms with Crippen molar-refractivity contribution in [3.63, 3.8) is 0 Å². The first-order valence-corrected chi connectivity index (χ1v) is 20.0. The van der Waals surface area contributed by atoms with Gasteiger partial charge in [0.2, 0.25) is 0 Å². The summed E-state index contributed by atoms with van der Waals surface area (Å²) < 4.78 is 29.4. The van der Waals surface area contributed by atoms with Gasteiger partial charge < -0.3 is 59.9 Å². The van der Waals surface area contributed by atoms with Crippen LogP contribution >= 0.6 is 0 Å².